The van der Waals surface area contributed by atoms with Gasteiger partial charge in [-0.25, -0.2) is 9.98 Å². The molecule has 0 saturated carbocycles. The molecular weight excluding hydrogens is 484 g/mol. The first-order chi connectivity index (χ1) is 12.9. The molecule has 0 spiro atoms. The number of aliphatic imine (C=N–C) groups is 1. The Hall–Kier alpha value is -2.04. The van der Waals surface area contributed by atoms with Crippen molar-refractivity contribution in [3.05, 3.63) is 59.8 Å². The van der Waals surface area contributed by atoms with Gasteiger partial charge in [0.15, 0.2) is 12.6 Å². The van der Waals surface area contributed by atoms with Crippen molar-refractivity contribution in [2.24, 2.45) is 4.99 Å². The molecule has 0 aliphatic rings. The van der Waals surface area contributed by atoms with Crippen molar-refractivity contribution in [1.29, 1.82) is 0 Å². The van der Waals surface area contributed by atoms with Crippen LogP contribution in [0.1, 0.15) is 31.0 Å². The molecule has 2 aromatic rings. The first kappa shape index (κ1) is 24.0. The molecule has 154 valence electrons. The lowest BCUT2D eigenvalue weighted by Gasteiger charge is -2.18. The van der Waals surface area contributed by atoms with Crippen molar-refractivity contribution in [2.75, 3.05) is 13.2 Å². The van der Waals surface area contributed by atoms with Gasteiger partial charge in [0.2, 0.25) is 5.88 Å². The van der Waals surface area contributed by atoms with Gasteiger partial charge in [-0.1, -0.05) is 36.4 Å². The molecule has 1 atom stereocenters. The second-order valence-electron chi connectivity index (χ2n) is 5.84. The summed E-state index contributed by atoms with van der Waals surface area (Å²) in [4.78, 5) is 8.33. The SMILES string of the molecule is CCNC(=NCc1cccnc1OCC(F)(F)F)NC(C)c1ccccc1.I. The minimum atomic E-state index is -4.42. The molecule has 0 amide bonds. The smallest absolute Gasteiger partial charge is 0.422 e. The van der Waals surface area contributed by atoms with E-state index in [4.69, 9.17) is 4.74 Å². The van der Waals surface area contributed by atoms with Crippen molar-refractivity contribution in [3.8, 4) is 5.88 Å². The number of benzene rings is 1. The molecule has 9 heteroatoms. The fraction of sp³-hybridized carbons (Fsp3) is 0.368. The third-order valence-electron chi connectivity index (χ3n) is 3.63. The molecule has 1 heterocycles. The minimum absolute atomic E-state index is 0. The number of ether oxygens (including phenoxy) is 1. The van der Waals surface area contributed by atoms with Gasteiger partial charge in [0, 0.05) is 18.3 Å². The molecule has 5 nitrogen and oxygen atoms in total. The minimum Gasteiger partial charge on any atom is -0.468 e. The summed E-state index contributed by atoms with van der Waals surface area (Å²) in [5.74, 6) is 0.491. The van der Waals surface area contributed by atoms with Gasteiger partial charge in [0.1, 0.15) is 0 Å². The predicted molar refractivity (Wildman–Crippen MR) is 114 cm³/mol. The Labute approximate surface area is 179 Å². The molecule has 0 bridgehead atoms. The number of rotatable bonds is 7. The lowest BCUT2D eigenvalue weighted by Crippen LogP contribution is -2.38. The Kier molecular flexibility index (Phi) is 10.0. The monoisotopic (exact) mass is 508 g/mol. The zero-order chi connectivity index (χ0) is 19.7. The van der Waals surface area contributed by atoms with Crippen molar-refractivity contribution >= 4 is 29.9 Å². The van der Waals surface area contributed by atoms with Crippen LogP contribution < -0.4 is 15.4 Å². The number of aromatic nitrogens is 1. The fourth-order valence-electron chi connectivity index (χ4n) is 2.34. The van der Waals surface area contributed by atoms with Crippen LogP contribution in [0.25, 0.3) is 0 Å². The molecule has 28 heavy (non-hydrogen) atoms. The van der Waals surface area contributed by atoms with Crippen molar-refractivity contribution in [3.63, 3.8) is 0 Å². The van der Waals surface area contributed by atoms with E-state index in [0.29, 0.717) is 18.1 Å². The van der Waals surface area contributed by atoms with Crippen LogP contribution in [0.15, 0.2) is 53.7 Å². The summed E-state index contributed by atoms with van der Waals surface area (Å²) in [7, 11) is 0. The number of pyridine rings is 1. The van der Waals surface area contributed by atoms with Crippen LogP contribution in [-0.2, 0) is 6.54 Å². The lowest BCUT2D eigenvalue weighted by atomic mass is 10.1. The van der Waals surface area contributed by atoms with Crippen LogP contribution in [0.3, 0.4) is 0 Å². The number of halogens is 4. The normalized spacial score (nSPS) is 12.7. The van der Waals surface area contributed by atoms with E-state index in [2.05, 4.69) is 20.6 Å². The molecule has 0 fully saturated rings. The van der Waals surface area contributed by atoms with Gasteiger partial charge in [0.05, 0.1) is 12.6 Å². The zero-order valence-corrected chi connectivity index (χ0v) is 18.0. The summed E-state index contributed by atoms with van der Waals surface area (Å²) in [6.07, 6.45) is -3.03. The molecule has 1 unspecified atom stereocenters. The molecule has 0 saturated heterocycles. The third kappa shape index (κ3) is 8.32. The van der Waals surface area contributed by atoms with E-state index < -0.39 is 12.8 Å². The fourth-order valence-corrected chi connectivity index (χ4v) is 2.34. The Balaban J connectivity index is 0.00000392. The van der Waals surface area contributed by atoms with E-state index in [-0.39, 0.29) is 42.4 Å². The average molecular weight is 508 g/mol. The molecule has 2 rings (SSSR count). The summed E-state index contributed by atoms with van der Waals surface area (Å²) in [5.41, 5.74) is 1.57. The molecule has 0 aliphatic carbocycles. The van der Waals surface area contributed by atoms with Gasteiger partial charge in [-0.05, 0) is 25.5 Å². The van der Waals surface area contributed by atoms with Crippen LogP contribution in [-0.4, -0.2) is 30.3 Å². The van der Waals surface area contributed by atoms with E-state index in [1.807, 2.05) is 44.2 Å². The molecular formula is C19H24F3IN4O. The summed E-state index contributed by atoms with van der Waals surface area (Å²) >= 11 is 0. The molecule has 0 radical (unpaired) electrons. The Bertz CT molecular complexity index is 741. The standard InChI is InChI=1S/C19H23F3N4O.HI/c1-3-23-18(26-14(2)15-8-5-4-6-9-15)25-12-16-10-7-11-24-17(16)27-13-19(20,21)22;/h4-11,14H,3,12-13H2,1-2H3,(H2,23,25,26);1H. The maximum atomic E-state index is 12.4. The summed E-state index contributed by atoms with van der Waals surface area (Å²) in [5, 5.41) is 6.40. The van der Waals surface area contributed by atoms with Crippen LogP contribution >= 0.6 is 24.0 Å². The van der Waals surface area contributed by atoms with Crippen LogP contribution in [0.4, 0.5) is 13.2 Å². The maximum Gasteiger partial charge on any atom is 0.422 e. The number of hydrogen-bond acceptors (Lipinski definition) is 3. The highest BCUT2D eigenvalue weighted by Crippen LogP contribution is 2.20. The second-order valence-corrected chi connectivity index (χ2v) is 5.84. The lowest BCUT2D eigenvalue weighted by molar-refractivity contribution is -0.154. The zero-order valence-electron chi connectivity index (χ0n) is 15.7. The Morgan fingerprint density at radius 1 is 1.18 bits per heavy atom. The summed E-state index contributed by atoms with van der Waals surface area (Å²) in [6.45, 7) is 3.34. The average Bonchev–Trinajstić information content (AvgIpc) is 2.65. The van der Waals surface area contributed by atoms with Crippen LogP contribution in [0.5, 0.6) is 5.88 Å². The maximum absolute atomic E-state index is 12.4. The van der Waals surface area contributed by atoms with Crippen molar-refractivity contribution in [2.45, 2.75) is 32.6 Å². The highest BCUT2D eigenvalue weighted by molar-refractivity contribution is 14.0. The molecule has 0 aliphatic heterocycles. The quantitative estimate of drug-likeness (QED) is 0.330. The van der Waals surface area contributed by atoms with Gasteiger partial charge in [-0.3, -0.25) is 0 Å². The Morgan fingerprint density at radius 3 is 2.54 bits per heavy atom. The van der Waals surface area contributed by atoms with Crippen LogP contribution in [0.2, 0.25) is 0 Å². The van der Waals surface area contributed by atoms with E-state index in [1.165, 1.54) is 6.20 Å². The molecule has 1 aromatic heterocycles. The van der Waals surface area contributed by atoms with Gasteiger partial charge in [-0.2, -0.15) is 13.2 Å². The van der Waals surface area contributed by atoms with E-state index in [9.17, 15) is 13.2 Å². The van der Waals surface area contributed by atoms with Crippen molar-refractivity contribution in [1.82, 2.24) is 15.6 Å². The van der Waals surface area contributed by atoms with E-state index >= 15 is 0 Å². The third-order valence-corrected chi connectivity index (χ3v) is 3.63. The highest BCUT2D eigenvalue weighted by atomic mass is 127. The topological polar surface area (TPSA) is 58.5 Å². The second kappa shape index (κ2) is 11.7. The summed E-state index contributed by atoms with van der Waals surface area (Å²) in [6, 6.07) is 13.2. The highest BCUT2D eigenvalue weighted by Gasteiger charge is 2.29. The predicted octanol–water partition coefficient (Wildman–Crippen LogP) is 4.46. The first-order valence-electron chi connectivity index (χ1n) is 8.62. The van der Waals surface area contributed by atoms with Crippen LogP contribution in [0, 0.1) is 0 Å². The van der Waals surface area contributed by atoms with Gasteiger partial charge in [0.25, 0.3) is 0 Å². The number of alkyl halides is 3. The van der Waals surface area contributed by atoms with E-state index in [1.54, 1.807) is 12.1 Å². The number of hydrogen-bond donors (Lipinski definition) is 2. The Morgan fingerprint density at radius 2 is 1.89 bits per heavy atom. The molecule has 2 N–H and O–H groups in total. The van der Waals surface area contributed by atoms with Crippen molar-refractivity contribution < 1.29 is 17.9 Å². The number of nitrogens with zero attached hydrogens (tertiary/aromatic N) is 2. The largest absolute Gasteiger partial charge is 0.468 e. The number of guanidine groups is 1. The van der Waals surface area contributed by atoms with E-state index in [0.717, 1.165) is 5.56 Å². The van der Waals surface area contributed by atoms with Gasteiger partial charge < -0.3 is 15.4 Å². The molecule has 1 aromatic carbocycles. The van der Waals surface area contributed by atoms with Gasteiger partial charge in [-0.15, -0.1) is 24.0 Å². The first-order valence-corrected chi connectivity index (χ1v) is 8.62. The summed E-state index contributed by atoms with van der Waals surface area (Å²) < 4.78 is 42.0. The van der Waals surface area contributed by atoms with Gasteiger partial charge >= 0.3 is 6.18 Å². The number of nitrogens with one attached hydrogen (secondary N) is 2.